The zero-order chi connectivity index (χ0) is 32.8. The lowest BCUT2D eigenvalue weighted by Gasteiger charge is -2.26. The average Bonchev–Trinajstić information content (AvgIpc) is 3.86. The molecule has 4 heteroatoms. The van der Waals surface area contributed by atoms with Gasteiger partial charge in [0.2, 0.25) is 0 Å². The highest BCUT2D eigenvalue weighted by Gasteiger charge is 2.18. The van der Waals surface area contributed by atoms with Crippen LogP contribution in [-0.2, 0) is 0 Å². The molecule has 0 bridgehead atoms. The van der Waals surface area contributed by atoms with Crippen molar-refractivity contribution < 1.29 is 0 Å². The smallest absolute Gasteiger partial charge is 0.0476 e. The minimum atomic E-state index is 1.14. The van der Waals surface area contributed by atoms with E-state index in [0.29, 0.717) is 0 Å². The number of fused-ring (bicyclic) bond motifs is 11. The first-order valence-electron chi connectivity index (χ1n) is 16.8. The van der Waals surface area contributed by atoms with Gasteiger partial charge in [-0.05, 0) is 76.5 Å². The molecule has 0 amide bonds. The zero-order valence-electron chi connectivity index (χ0n) is 26.8. The van der Waals surface area contributed by atoms with Gasteiger partial charge < -0.3 is 4.90 Å². The molecular formula is C46H27NS3. The van der Waals surface area contributed by atoms with Gasteiger partial charge in [0.1, 0.15) is 0 Å². The first-order chi connectivity index (χ1) is 24.8. The van der Waals surface area contributed by atoms with Gasteiger partial charge in [0.15, 0.2) is 0 Å². The van der Waals surface area contributed by atoms with Crippen LogP contribution in [0.1, 0.15) is 0 Å². The second-order valence-corrected chi connectivity index (χ2v) is 16.1. The van der Waals surface area contributed by atoms with Gasteiger partial charge in [0.25, 0.3) is 0 Å². The number of anilines is 3. The molecular weight excluding hydrogens is 663 g/mol. The van der Waals surface area contributed by atoms with E-state index in [-0.39, 0.29) is 0 Å². The number of thiophene rings is 3. The lowest BCUT2D eigenvalue weighted by molar-refractivity contribution is 1.30. The minimum Gasteiger partial charge on any atom is -0.310 e. The summed E-state index contributed by atoms with van der Waals surface area (Å²) >= 11 is 5.64. The van der Waals surface area contributed by atoms with E-state index in [2.05, 4.69) is 169 Å². The molecule has 3 aromatic heterocycles. The molecule has 3 heterocycles. The summed E-state index contributed by atoms with van der Waals surface area (Å²) in [6.45, 7) is 0. The van der Waals surface area contributed by atoms with Crippen LogP contribution in [-0.4, -0.2) is 0 Å². The van der Waals surface area contributed by atoms with Gasteiger partial charge in [-0.15, -0.1) is 34.0 Å². The van der Waals surface area contributed by atoms with Crippen molar-refractivity contribution in [1.82, 2.24) is 0 Å². The SMILES string of the molecule is c1ccc2c(c1)ccc1sc3c(-c4ccc(N(c5ccc6c(c5)sc5ccccc56)c5ccc6c(c5)sc5ccccc56)cc4)cccc3c12. The molecule has 0 saturated carbocycles. The van der Waals surface area contributed by atoms with Gasteiger partial charge in [0.05, 0.1) is 0 Å². The van der Waals surface area contributed by atoms with E-state index < -0.39 is 0 Å². The summed E-state index contributed by atoms with van der Waals surface area (Å²) in [6.07, 6.45) is 0. The van der Waals surface area contributed by atoms with E-state index in [9.17, 15) is 0 Å². The van der Waals surface area contributed by atoms with Crippen molar-refractivity contribution in [2.24, 2.45) is 0 Å². The Labute approximate surface area is 300 Å². The molecule has 0 radical (unpaired) electrons. The second-order valence-electron chi connectivity index (χ2n) is 12.9. The molecule has 1 nitrogen and oxygen atoms in total. The Morgan fingerprint density at radius 1 is 0.340 bits per heavy atom. The van der Waals surface area contributed by atoms with E-state index in [1.807, 2.05) is 34.0 Å². The van der Waals surface area contributed by atoms with Crippen LogP contribution < -0.4 is 4.90 Å². The first-order valence-corrected chi connectivity index (χ1v) is 19.3. The van der Waals surface area contributed by atoms with E-state index in [4.69, 9.17) is 0 Å². The molecule has 0 spiro atoms. The molecule has 50 heavy (non-hydrogen) atoms. The monoisotopic (exact) mass is 689 g/mol. The van der Waals surface area contributed by atoms with Gasteiger partial charge in [-0.1, -0.05) is 109 Å². The molecule has 234 valence electrons. The van der Waals surface area contributed by atoms with Gasteiger partial charge in [0, 0.05) is 77.6 Å². The predicted molar refractivity (Wildman–Crippen MR) is 223 cm³/mol. The van der Waals surface area contributed by atoms with Gasteiger partial charge >= 0.3 is 0 Å². The average molecular weight is 690 g/mol. The summed E-state index contributed by atoms with van der Waals surface area (Å²) in [5.74, 6) is 0. The Balaban J connectivity index is 1.07. The van der Waals surface area contributed by atoms with Crippen LogP contribution in [0.15, 0.2) is 164 Å². The van der Waals surface area contributed by atoms with Crippen LogP contribution in [0.25, 0.3) is 82.4 Å². The largest absolute Gasteiger partial charge is 0.310 e. The first kappa shape index (κ1) is 28.3. The maximum atomic E-state index is 2.42. The zero-order valence-corrected chi connectivity index (χ0v) is 29.2. The number of hydrogen-bond donors (Lipinski definition) is 0. The van der Waals surface area contributed by atoms with E-state index >= 15 is 0 Å². The number of benzene rings is 8. The minimum absolute atomic E-state index is 1.14. The lowest BCUT2D eigenvalue weighted by atomic mass is 9.99. The van der Waals surface area contributed by atoms with E-state index in [1.165, 1.54) is 82.4 Å². The maximum absolute atomic E-state index is 2.42. The van der Waals surface area contributed by atoms with E-state index in [0.717, 1.165) is 17.1 Å². The highest BCUT2D eigenvalue weighted by Crippen LogP contribution is 2.45. The molecule has 11 rings (SSSR count). The van der Waals surface area contributed by atoms with Gasteiger partial charge in [-0.3, -0.25) is 0 Å². The van der Waals surface area contributed by atoms with Crippen molar-refractivity contribution >= 4 is 122 Å². The van der Waals surface area contributed by atoms with Crippen molar-refractivity contribution in [1.29, 1.82) is 0 Å². The Bertz CT molecular complexity index is 2990. The molecule has 0 aliphatic rings. The van der Waals surface area contributed by atoms with Gasteiger partial charge in [-0.2, -0.15) is 0 Å². The number of hydrogen-bond acceptors (Lipinski definition) is 4. The molecule has 0 saturated heterocycles. The van der Waals surface area contributed by atoms with Crippen molar-refractivity contribution in [3.05, 3.63) is 164 Å². The fourth-order valence-electron chi connectivity index (χ4n) is 7.74. The predicted octanol–water partition coefficient (Wildman–Crippen LogP) is 15.1. The summed E-state index contributed by atoms with van der Waals surface area (Å²) in [5, 5.41) is 10.6. The third-order valence-electron chi connectivity index (χ3n) is 10.1. The van der Waals surface area contributed by atoms with Gasteiger partial charge in [-0.25, -0.2) is 0 Å². The fourth-order valence-corrected chi connectivity index (χ4v) is 11.3. The molecule has 0 atom stereocenters. The quantitative estimate of drug-likeness (QED) is 0.178. The molecule has 0 fully saturated rings. The van der Waals surface area contributed by atoms with Crippen molar-refractivity contribution in [2.75, 3.05) is 4.90 Å². The van der Waals surface area contributed by atoms with E-state index in [1.54, 1.807) is 0 Å². The highest BCUT2D eigenvalue weighted by molar-refractivity contribution is 7.27. The normalized spacial score (nSPS) is 12.0. The van der Waals surface area contributed by atoms with Crippen LogP contribution in [0.3, 0.4) is 0 Å². The van der Waals surface area contributed by atoms with Crippen molar-refractivity contribution in [3.63, 3.8) is 0 Å². The van der Waals surface area contributed by atoms with Crippen LogP contribution in [0.5, 0.6) is 0 Å². The molecule has 0 aliphatic heterocycles. The Morgan fingerprint density at radius 3 is 1.58 bits per heavy atom. The lowest BCUT2D eigenvalue weighted by Crippen LogP contribution is -2.09. The molecule has 11 aromatic rings. The Morgan fingerprint density at radius 2 is 0.900 bits per heavy atom. The number of nitrogens with zero attached hydrogens (tertiary/aromatic N) is 1. The Hall–Kier alpha value is -5.52. The fraction of sp³-hybridized carbons (Fsp3) is 0. The van der Waals surface area contributed by atoms with Crippen LogP contribution in [0.4, 0.5) is 17.1 Å². The summed E-state index contributed by atoms with van der Waals surface area (Å²) in [6, 6.07) is 60.6. The second kappa shape index (κ2) is 11.0. The van der Waals surface area contributed by atoms with Crippen LogP contribution in [0, 0.1) is 0 Å². The Kier molecular flexibility index (Phi) is 6.23. The summed E-state index contributed by atoms with van der Waals surface area (Å²) in [7, 11) is 0. The van der Waals surface area contributed by atoms with Crippen molar-refractivity contribution in [3.8, 4) is 11.1 Å². The van der Waals surface area contributed by atoms with Crippen LogP contribution >= 0.6 is 34.0 Å². The summed E-state index contributed by atoms with van der Waals surface area (Å²) in [4.78, 5) is 2.42. The topological polar surface area (TPSA) is 3.24 Å². The summed E-state index contributed by atoms with van der Waals surface area (Å²) < 4.78 is 7.93. The number of rotatable bonds is 4. The molecule has 0 N–H and O–H groups in total. The standard InChI is InChI=1S/C46H27NS3/c1-2-9-33-28(8-1)18-25-42-45(33)39-13-7-12-34(46(39)50-42)29-16-19-30(20-17-29)47(31-21-23-37-35-10-3-5-14-40(35)48-43(37)26-31)32-22-24-38-36-11-4-6-15-41(36)49-44(38)27-32/h1-27H. The third kappa shape index (κ3) is 4.29. The maximum Gasteiger partial charge on any atom is 0.0476 e. The molecule has 0 aliphatic carbocycles. The van der Waals surface area contributed by atoms with Crippen LogP contribution in [0.2, 0.25) is 0 Å². The third-order valence-corrected chi connectivity index (χ3v) is 13.5. The summed E-state index contributed by atoms with van der Waals surface area (Å²) in [5.41, 5.74) is 5.98. The highest BCUT2D eigenvalue weighted by atomic mass is 32.1. The van der Waals surface area contributed by atoms with Crippen molar-refractivity contribution in [2.45, 2.75) is 0 Å². The molecule has 0 unspecified atom stereocenters. The molecule has 8 aromatic carbocycles.